The van der Waals surface area contributed by atoms with Crippen LogP contribution in [0.25, 0.3) is 0 Å². The van der Waals surface area contributed by atoms with Crippen LogP contribution >= 0.6 is 11.3 Å². The van der Waals surface area contributed by atoms with Crippen LogP contribution in [0.4, 0.5) is 10.8 Å². The quantitative estimate of drug-likeness (QED) is 0.438. The molecule has 0 radical (unpaired) electrons. The summed E-state index contributed by atoms with van der Waals surface area (Å²) < 4.78 is 11.0. The van der Waals surface area contributed by atoms with E-state index in [-0.39, 0.29) is 12.5 Å². The summed E-state index contributed by atoms with van der Waals surface area (Å²) in [6.07, 6.45) is -0.748. The number of aromatic nitrogens is 1. The predicted octanol–water partition coefficient (Wildman–Crippen LogP) is 5.57. The largest absolute Gasteiger partial charge is 0.479 e. The summed E-state index contributed by atoms with van der Waals surface area (Å²) in [5.74, 6) is 0.00349. The molecule has 1 aromatic heterocycles. The van der Waals surface area contributed by atoms with Crippen LogP contribution in [0.5, 0.6) is 5.75 Å². The normalized spacial score (nSPS) is 11.7. The van der Waals surface area contributed by atoms with Crippen molar-refractivity contribution in [1.82, 2.24) is 4.98 Å². The second-order valence-corrected chi connectivity index (χ2v) is 8.74. The Bertz CT molecular complexity index is 1100. The molecule has 1 unspecified atom stereocenters. The molecule has 3 aromatic rings. The van der Waals surface area contributed by atoms with Gasteiger partial charge in [-0.25, -0.2) is 9.78 Å². The molecule has 0 bridgehead atoms. The molecule has 0 aliphatic heterocycles. The van der Waals surface area contributed by atoms with E-state index < -0.39 is 12.1 Å². The minimum absolute atomic E-state index is 0.00847. The first-order chi connectivity index (χ1) is 15.2. The molecule has 3 rings (SSSR count). The zero-order chi connectivity index (χ0) is 23.4. The zero-order valence-electron chi connectivity index (χ0n) is 19.3. The summed E-state index contributed by atoms with van der Waals surface area (Å²) in [5, 5.41) is 2.34. The lowest BCUT2D eigenvalue weighted by Gasteiger charge is -2.23. The SMILES string of the molecule is CC(=O)N(c1nc(COC(=O)C(C)Oc2ccc(C)cc2)cs1)c1c(C)cc(C)cc1C. The Kier molecular flexibility index (Phi) is 7.30. The first kappa shape index (κ1) is 23.5. The molecule has 0 saturated heterocycles. The lowest BCUT2D eigenvalue weighted by molar-refractivity contribution is -0.152. The van der Waals surface area contributed by atoms with Gasteiger partial charge in [-0.15, -0.1) is 11.3 Å². The first-order valence-corrected chi connectivity index (χ1v) is 11.3. The van der Waals surface area contributed by atoms with Crippen molar-refractivity contribution in [2.75, 3.05) is 4.90 Å². The Balaban J connectivity index is 1.68. The van der Waals surface area contributed by atoms with Gasteiger partial charge in [-0.1, -0.05) is 35.4 Å². The van der Waals surface area contributed by atoms with Crippen LogP contribution in [0, 0.1) is 27.7 Å². The van der Waals surface area contributed by atoms with Crippen LogP contribution in [0.1, 0.15) is 41.8 Å². The van der Waals surface area contributed by atoms with Crippen LogP contribution in [0.15, 0.2) is 41.8 Å². The summed E-state index contributed by atoms with van der Waals surface area (Å²) in [6, 6.07) is 11.6. The molecule has 0 aliphatic carbocycles. The summed E-state index contributed by atoms with van der Waals surface area (Å²) in [5.41, 5.74) is 5.67. The van der Waals surface area contributed by atoms with E-state index in [0.29, 0.717) is 16.6 Å². The number of thiazole rings is 1. The monoisotopic (exact) mass is 452 g/mol. The molecule has 0 aliphatic rings. The van der Waals surface area contributed by atoms with Crippen molar-refractivity contribution < 1.29 is 19.1 Å². The third-order valence-electron chi connectivity index (χ3n) is 4.93. The van der Waals surface area contributed by atoms with Gasteiger partial charge < -0.3 is 9.47 Å². The van der Waals surface area contributed by atoms with Gasteiger partial charge in [0.1, 0.15) is 12.4 Å². The van der Waals surface area contributed by atoms with E-state index in [2.05, 4.69) is 4.98 Å². The van der Waals surface area contributed by atoms with E-state index in [4.69, 9.17) is 9.47 Å². The van der Waals surface area contributed by atoms with Gasteiger partial charge in [0.05, 0.1) is 11.4 Å². The van der Waals surface area contributed by atoms with Crippen LogP contribution in [-0.2, 0) is 20.9 Å². The summed E-state index contributed by atoms with van der Waals surface area (Å²) in [7, 11) is 0. The van der Waals surface area contributed by atoms with Crippen LogP contribution in [-0.4, -0.2) is 23.0 Å². The van der Waals surface area contributed by atoms with Crippen LogP contribution in [0.3, 0.4) is 0 Å². The Morgan fingerprint density at radius 2 is 1.66 bits per heavy atom. The van der Waals surface area contributed by atoms with Crippen LogP contribution < -0.4 is 9.64 Å². The maximum Gasteiger partial charge on any atom is 0.347 e. The van der Waals surface area contributed by atoms with Crippen molar-refractivity contribution in [2.24, 2.45) is 0 Å². The van der Waals surface area contributed by atoms with Gasteiger partial charge >= 0.3 is 5.97 Å². The summed E-state index contributed by atoms with van der Waals surface area (Å²) in [4.78, 5) is 31.0. The lowest BCUT2D eigenvalue weighted by Crippen LogP contribution is -2.26. The standard InChI is InChI=1S/C25H28N2O4S/c1-15-7-9-22(10-8-15)31-19(5)24(29)30-13-21-14-32-25(26-21)27(20(6)28)23-17(3)11-16(2)12-18(23)4/h7-12,14,19H,13H2,1-6H3. The van der Waals surface area contributed by atoms with E-state index in [1.54, 1.807) is 17.2 Å². The van der Waals surface area contributed by atoms with E-state index in [1.165, 1.54) is 18.3 Å². The minimum atomic E-state index is -0.748. The maximum atomic E-state index is 12.5. The van der Waals surface area contributed by atoms with Gasteiger partial charge in [0.15, 0.2) is 11.2 Å². The number of benzene rings is 2. The molecule has 32 heavy (non-hydrogen) atoms. The Labute approximate surface area is 192 Å². The Hall–Kier alpha value is -3.19. The highest BCUT2D eigenvalue weighted by Gasteiger charge is 2.23. The molecule has 0 spiro atoms. The van der Waals surface area contributed by atoms with Crippen LogP contribution in [0.2, 0.25) is 0 Å². The minimum Gasteiger partial charge on any atom is -0.479 e. The highest BCUT2D eigenvalue weighted by atomic mass is 32.1. The fourth-order valence-electron chi connectivity index (χ4n) is 3.51. The Morgan fingerprint density at radius 1 is 1.03 bits per heavy atom. The molecule has 168 valence electrons. The molecule has 7 heteroatoms. The molecule has 1 heterocycles. The van der Waals surface area contributed by atoms with Gasteiger partial charge in [0, 0.05) is 12.3 Å². The molecule has 1 atom stereocenters. The number of esters is 1. The van der Waals surface area contributed by atoms with Gasteiger partial charge in [0.25, 0.3) is 0 Å². The third kappa shape index (κ3) is 5.53. The predicted molar refractivity (Wildman–Crippen MR) is 127 cm³/mol. The van der Waals surface area contributed by atoms with Crippen molar-refractivity contribution in [3.05, 3.63) is 69.7 Å². The lowest BCUT2D eigenvalue weighted by atomic mass is 10.0. The van der Waals surface area contributed by atoms with Gasteiger partial charge in [-0.05, 0) is 57.9 Å². The highest BCUT2D eigenvalue weighted by Crippen LogP contribution is 2.34. The van der Waals surface area contributed by atoms with Crippen molar-refractivity contribution >= 4 is 34.0 Å². The average Bonchev–Trinajstić information content (AvgIpc) is 3.18. The number of rotatable bonds is 7. The number of ether oxygens (including phenoxy) is 2. The Morgan fingerprint density at radius 3 is 2.25 bits per heavy atom. The number of hydrogen-bond donors (Lipinski definition) is 0. The van der Waals surface area contributed by atoms with Gasteiger partial charge in [-0.3, -0.25) is 9.69 Å². The van der Waals surface area contributed by atoms with Crippen molar-refractivity contribution in [3.8, 4) is 5.75 Å². The van der Waals surface area contributed by atoms with E-state index in [1.807, 2.05) is 64.1 Å². The van der Waals surface area contributed by atoms with E-state index in [9.17, 15) is 9.59 Å². The summed E-state index contributed by atoms with van der Waals surface area (Å²) >= 11 is 1.34. The van der Waals surface area contributed by atoms with E-state index >= 15 is 0 Å². The molecule has 0 fully saturated rings. The smallest absolute Gasteiger partial charge is 0.347 e. The second kappa shape index (κ2) is 9.96. The second-order valence-electron chi connectivity index (χ2n) is 7.90. The maximum absolute atomic E-state index is 12.5. The highest BCUT2D eigenvalue weighted by molar-refractivity contribution is 7.14. The molecular weight excluding hydrogens is 424 g/mol. The van der Waals surface area contributed by atoms with E-state index in [0.717, 1.165) is 27.9 Å². The average molecular weight is 453 g/mol. The molecule has 0 N–H and O–H groups in total. The molecule has 1 amide bonds. The number of carbonyl (C=O) groups excluding carboxylic acids is 2. The third-order valence-corrected chi connectivity index (χ3v) is 5.81. The van der Waals surface area contributed by atoms with Crippen molar-refractivity contribution in [1.29, 1.82) is 0 Å². The molecule has 6 nitrogen and oxygen atoms in total. The number of anilines is 2. The van der Waals surface area contributed by atoms with Gasteiger partial charge in [0.2, 0.25) is 5.91 Å². The topological polar surface area (TPSA) is 68.7 Å². The fourth-order valence-corrected chi connectivity index (χ4v) is 4.37. The number of aryl methyl sites for hydroxylation is 4. The van der Waals surface area contributed by atoms with Gasteiger partial charge in [-0.2, -0.15) is 0 Å². The number of hydrogen-bond acceptors (Lipinski definition) is 6. The zero-order valence-corrected chi connectivity index (χ0v) is 20.1. The molecule has 2 aromatic carbocycles. The number of nitrogens with zero attached hydrogens (tertiary/aromatic N) is 2. The number of carbonyl (C=O) groups is 2. The molecular formula is C25H28N2O4S. The molecule has 0 saturated carbocycles. The fraction of sp³-hybridized carbons (Fsp3) is 0.320. The van der Waals surface area contributed by atoms with Crippen molar-refractivity contribution in [3.63, 3.8) is 0 Å². The number of amides is 1. The van der Waals surface area contributed by atoms with Crippen molar-refractivity contribution in [2.45, 2.75) is 54.3 Å². The summed E-state index contributed by atoms with van der Waals surface area (Å²) in [6.45, 7) is 11.2. The first-order valence-electron chi connectivity index (χ1n) is 10.4.